The molecule has 29 heavy (non-hydrogen) atoms. The summed E-state index contributed by atoms with van der Waals surface area (Å²) in [5.41, 5.74) is 3.45. The monoisotopic (exact) mass is 413 g/mol. The van der Waals surface area contributed by atoms with Gasteiger partial charge in [-0.2, -0.15) is 0 Å². The van der Waals surface area contributed by atoms with Crippen molar-refractivity contribution in [2.45, 2.75) is 71.6 Å². The minimum Gasteiger partial charge on any atom is -0.462 e. The fourth-order valence-electron chi connectivity index (χ4n) is 3.72. The molecule has 1 amide bonds. The highest BCUT2D eigenvalue weighted by Gasteiger charge is 2.26. The molecule has 1 N–H and O–H groups in total. The second kappa shape index (κ2) is 9.12. The van der Waals surface area contributed by atoms with Gasteiger partial charge in [-0.25, -0.2) is 4.79 Å². The number of aryl methyl sites for hydroxylation is 1. The minimum atomic E-state index is -0.330. The summed E-state index contributed by atoms with van der Waals surface area (Å²) in [4.78, 5) is 26.8. The summed E-state index contributed by atoms with van der Waals surface area (Å²) >= 11 is 1.54. The highest BCUT2D eigenvalue weighted by atomic mass is 32.1. The van der Waals surface area contributed by atoms with Gasteiger partial charge in [0, 0.05) is 10.4 Å². The van der Waals surface area contributed by atoms with Gasteiger partial charge in [0.05, 0.1) is 12.2 Å². The van der Waals surface area contributed by atoms with E-state index in [1.165, 1.54) is 34.6 Å². The molecule has 1 aromatic heterocycles. The third kappa shape index (κ3) is 5.08. The van der Waals surface area contributed by atoms with Crippen LogP contribution in [-0.2, 0) is 23.0 Å². The molecular weight excluding hydrogens is 382 g/mol. The van der Waals surface area contributed by atoms with E-state index in [0.717, 1.165) is 31.2 Å². The van der Waals surface area contributed by atoms with Gasteiger partial charge in [0.25, 0.3) is 5.91 Å². The van der Waals surface area contributed by atoms with E-state index < -0.39 is 0 Å². The Bertz CT molecular complexity index is 875. The summed E-state index contributed by atoms with van der Waals surface area (Å²) in [7, 11) is 0. The summed E-state index contributed by atoms with van der Waals surface area (Å²) in [6, 6.07) is 7.69. The molecule has 4 nitrogen and oxygen atoms in total. The second-order valence-corrected chi connectivity index (χ2v) is 9.73. The average molecular weight is 414 g/mol. The van der Waals surface area contributed by atoms with E-state index >= 15 is 0 Å². The first-order chi connectivity index (χ1) is 13.8. The molecule has 1 aliphatic rings. The van der Waals surface area contributed by atoms with Crippen molar-refractivity contribution in [3.63, 3.8) is 0 Å². The largest absolute Gasteiger partial charge is 0.462 e. The van der Waals surface area contributed by atoms with Gasteiger partial charge in [-0.3, -0.25) is 4.79 Å². The van der Waals surface area contributed by atoms with E-state index in [1.54, 1.807) is 0 Å². The van der Waals surface area contributed by atoms with E-state index in [4.69, 9.17) is 4.74 Å². The zero-order valence-corrected chi connectivity index (χ0v) is 18.7. The Kier molecular flexibility index (Phi) is 6.78. The lowest BCUT2D eigenvalue weighted by Gasteiger charge is -2.19. The first-order valence-corrected chi connectivity index (χ1v) is 11.4. The summed E-state index contributed by atoms with van der Waals surface area (Å²) in [6.07, 6.45) is 6.42. The molecular formula is C24H31NO3S. The molecule has 0 fully saturated rings. The Morgan fingerprint density at radius 3 is 2.31 bits per heavy atom. The van der Waals surface area contributed by atoms with E-state index in [-0.39, 0.29) is 17.3 Å². The number of nitrogens with one attached hydrogen (secondary N) is 1. The molecule has 0 spiro atoms. The topological polar surface area (TPSA) is 55.4 Å². The van der Waals surface area contributed by atoms with Crippen LogP contribution in [0, 0.1) is 0 Å². The number of hydrogen-bond acceptors (Lipinski definition) is 4. The highest BCUT2D eigenvalue weighted by Crippen LogP contribution is 2.38. The number of carbonyl (C=O) groups excluding carboxylic acids is 2. The van der Waals surface area contributed by atoms with Gasteiger partial charge < -0.3 is 10.1 Å². The lowest BCUT2D eigenvalue weighted by atomic mass is 9.87. The van der Waals surface area contributed by atoms with Gasteiger partial charge in [-0.15, -0.1) is 11.3 Å². The van der Waals surface area contributed by atoms with Crippen LogP contribution >= 0.6 is 11.3 Å². The predicted molar refractivity (Wildman–Crippen MR) is 119 cm³/mol. The zero-order valence-electron chi connectivity index (χ0n) is 17.9. The van der Waals surface area contributed by atoms with Crippen LogP contribution in [0.3, 0.4) is 0 Å². The van der Waals surface area contributed by atoms with Crippen molar-refractivity contribution in [3.05, 3.63) is 51.4 Å². The molecule has 0 atom stereocenters. The SMILES string of the molecule is CCOC(=O)c1c(NC(=O)c2ccc(C(C)(C)C)cc2)sc2c1CCCCCC2. The molecule has 1 aliphatic carbocycles. The number of benzene rings is 1. The zero-order chi connectivity index (χ0) is 21.0. The standard InChI is InChI=1S/C24H31NO3S/c1-5-28-23(27)20-18-10-8-6-7-9-11-19(18)29-22(20)25-21(26)16-12-14-17(15-13-16)24(2,3)4/h12-15H,5-11H2,1-4H3,(H,25,26). The van der Waals surface area contributed by atoms with Crippen molar-refractivity contribution in [1.82, 2.24) is 0 Å². The first kappa shape index (κ1) is 21.6. The molecule has 1 heterocycles. The van der Waals surface area contributed by atoms with Gasteiger partial charge in [-0.1, -0.05) is 45.7 Å². The molecule has 156 valence electrons. The van der Waals surface area contributed by atoms with Gasteiger partial charge >= 0.3 is 5.97 Å². The Labute approximate surface area is 177 Å². The number of anilines is 1. The minimum absolute atomic E-state index is 0.0376. The number of carbonyl (C=O) groups is 2. The maximum atomic E-state index is 12.9. The lowest BCUT2D eigenvalue weighted by molar-refractivity contribution is 0.0526. The summed E-state index contributed by atoms with van der Waals surface area (Å²) in [5.74, 6) is -0.519. The molecule has 5 heteroatoms. The summed E-state index contributed by atoms with van der Waals surface area (Å²) < 4.78 is 5.32. The number of thiophene rings is 1. The molecule has 0 unspecified atom stereocenters. The maximum Gasteiger partial charge on any atom is 0.341 e. The van der Waals surface area contributed by atoms with Crippen LogP contribution in [0.4, 0.5) is 5.00 Å². The number of esters is 1. The van der Waals surface area contributed by atoms with Crippen molar-refractivity contribution in [3.8, 4) is 0 Å². The summed E-state index contributed by atoms with van der Waals surface area (Å²) in [6.45, 7) is 8.58. The van der Waals surface area contributed by atoms with Crippen LogP contribution < -0.4 is 5.32 Å². The number of amides is 1. The number of fused-ring (bicyclic) bond motifs is 1. The molecule has 0 radical (unpaired) electrons. The van der Waals surface area contributed by atoms with Crippen LogP contribution in [0.2, 0.25) is 0 Å². The van der Waals surface area contributed by atoms with E-state index in [2.05, 4.69) is 26.1 Å². The van der Waals surface area contributed by atoms with Crippen molar-refractivity contribution in [2.24, 2.45) is 0 Å². The fraction of sp³-hybridized carbons (Fsp3) is 0.500. The average Bonchev–Trinajstić information content (AvgIpc) is 2.97. The molecule has 3 rings (SSSR count). The molecule has 0 aliphatic heterocycles. The molecule has 2 aromatic rings. The Hall–Kier alpha value is -2.14. The van der Waals surface area contributed by atoms with Crippen LogP contribution in [0.1, 0.15) is 90.1 Å². The maximum absolute atomic E-state index is 12.9. The molecule has 0 saturated heterocycles. The van der Waals surface area contributed by atoms with Crippen LogP contribution in [0.15, 0.2) is 24.3 Å². The van der Waals surface area contributed by atoms with Crippen molar-refractivity contribution < 1.29 is 14.3 Å². The van der Waals surface area contributed by atoms with Crippen LogP contribution in [0.25, 0.3) is 0 Å². The fourth-order valence-corrected chi connectivity index (χ4v) is 5.00. The van der Waals surface area contributed by atoms with Gasteiger partial charge in [0.2, 0.25) is 0 Å². The van der Waals surface area contributed by atoms with Gasteiger partial charge in [-0.05, 0) is 61.3 Å². The van der Waals surface area contributed by atoms with Gasteiger partial charge in [0.1, 0.15) is 5.00 Å². The van der Waals surface area contributed by atoms with Crippen molar-refractivity contribution in [2.75, 3.05) is 11.9 Å². The smallest absolute Gasteiger partial charge is 0.341 e. The third-order valence-electron chi connectivity index (χ3n) is 5.39. The molecule has 1 aromatic carbocycles. The first-order valence-electron chi connectivity index (χ1n) is 10.5. The number of ether oxygens (including phenoxy) is 1. The predicted octanol–water partition coefficient (Wildman–Crippen LogP) is 6.13. The van der Waals surface area contributed by atoms with Crippen LogP contribution in [-0.4, -0.2) is 18.5 Å². The number of rotatable bonds is 4. The van der Waals surface area contributed by atoms with Crippen molar-refractivity contribution >= 4 is 28.2 Å². The van der Waals surface area contributed by atoms with E-state index in [1.807, 2.05) is 31.2 Å². The second-order valence-electron chi connectivity index (χ2n) is 8.62. The molecule has 0 saturated carbocycles. The van der Waals surface area contributed by atoms with E-state index in [9.17, 15) is 9.59 Å². The Morgan fingerprint density at radius 1 is 1.03 bits per heavy atom. The Morgan fingerprint density at radius 2 is 1.69 bits per heavy atom. The number of hydrogen-bond donors (Lipinski definition) is 1. The quantitative estimate of drug-likeness (QED) is 0.613. The van der Waals surface area contributed by atoms with Gasteiger partial charge in [0.15, 0.2) is 0 Å². The Balaban J connectivity index is 1.90. The van der Waals surface area contributed by atoms with E-state index in [0.29, 0.717) is 22.7 Å². The highest BCUT2D eigenvalue weighted by molar-refractivity contribution is 7.17. The van der Waals surface area contributed by atoms with Crippen molar-refractivity contribution in [1.29, 1.82) is 0 Å². The van der Waals surface area contributed by atoms with Crippen LogP contribution in [0.5, 0.6) is 0 Å². The molecule has 0 bridgehead atoms. The summed E-state index contributed by atoms with van der Waals surface area (Å²) in [5, 5.41) is 3.63. The lowest BCUT2D eigenvalue weighted by Crippen LogP contribution is -2.16. The normalized spacial score (nSPS) is 14.5. The third-order valence-corrected chi connectivity index (χ3v) is 6.60.